The fourth-order valence-electron chi connectivity index (χ4n) is 2.60. The van der Waals surface area contributed by atoms with Crippen LogP contribution in [0.25, 0.3) is 17.5 Å². The molecule has 3 rings (SSSR count). The van der Waals surface area contributed by atoms with Gasteiger partial charge in [-0.05, 0) is 52.8 Å². The van der Waals surface area contributed by atoms with Gasteiger partial charge in [-0.15, -0.1) is 10.2 Å². The number of benzene rings is 1. The first-order valence-corrected chi connectivity index (χ1v) is 11.3. The average molecular weight is 606 g/mol. The zero-order chi connectivity index (χ0) is 21.8. The van der Waals surface area contributed by atoms with Gasteiger partial charge >= 0.3 is 5.97 Å². The largest absolute Gasteiger partial charge is 0.497 e. The van der Waals surface area contributed by atoms with Gasteiger partial charge in [-0.3, -0.25) is 0 Å². The topological polar surface area (TPSA) is 99.6 Å². The highest BCUT2D eigenvalue weighted by atomic mass is 127. The minimum absolute atomic E-state index is 0.0597. The van der Waals surface area contributed by atoms with E-state index in [0.29, 0.717) is 38.6 Å². The molecule has 1 N–H and O–H groups in total. The van der Waals surface area contributed by atoms with Crippen LogP contribution >= 0.6 is 50.3 Å². The van der Waals surface area contributed by atoms with Crippen molar-refractivity contribution in [2.75, 3.05) is 14.2 Å². The summed E-state index contributed by atoms with van der Waals surface area (Å²) in [7, 11) is 3.14. The summed E-state index contributed by atoms with van der Waals surface area (Å²) in [5.74, 6) is 1.16. The third-order valence-corrected chi connectivity index (χ3v) is 7.12. The standard InChI is InChI=1S/C19H17BrIN3O5S/c1-4-24-17(10-5-11(27-2)7-12(6-10)28-3)22-23-19(24)30-15(18(25)26)9-13-8-14(20)16(21)29-13/h5-9H,4H2,1-3H3,(H,25,26)/b15-9-. The van der Waals surface area contributed by atoms with Crippen LogP contribution in [0.1, 0.15) is 12.7 Å². The van der Waals surface area contributed by atoms with E-state index in [-0.39, 0.29) is 4.91 Å². The lowest BCUT2D eigenvalue weighted by Gasteiger charge is -2.10. The molecule has 0 saturated heterocycles. The monoisotopic (exact) mass is 605 g/mol. The van der Waals surface area contributed by atoms with Gasteiger partial charge in [-0.2, -0.15) is 0 Å². The molecule has 0 aliphatic heterocycles. The minimum atomic E-state index is -1.09. The summed E-state index contributed by atoms with van der Waals surface area (Å²) in [5.41, 5.74) is 0.748. The van der Waals surface area contributed by atoms with E-state index in [9.17, 15) is 9.90 Å². The molecule has 0 unspecified atom stereocenters. The van der Waals surface area contributed by atoms with Crippen molar-refractivity contribution in [3.8, 4) is 22.9 Å². The number of methoxy groups -OCH3 is 2. The molecule has 0 aliphatic carbocycles. The van der Waals surface area contributed by atoms with Gasteiger partial charge in [0, 0.05) is 46.8 Å². The molecule has 0 spiro atoms. The Bertz CT molecular complexity index is 1070. The number of aromatic nitrogens is 3. The van der Waals surface area contributed by atoms with E-state index in [1.807, 2.05) is 46.2 Å². The first-order chi connectivity index (χ1) is 14.4. The van der Waals surface area contributed by atoms with Crippen LogP contribution in [-0.4, -0.2) is 40.1 Å². The third-order valence-electron chi connectivity index (χ3n) is 3.99. The van der Waals surface area contributed by atoms with Gasteiger partial charge in [0.15, 0.2) is 14.7 Å². The van der Waals surface area contributed by atoms with Crippen LogP contribution in [0, 0.1) is 3.77 Å². The molecule has 0 fully saturated rings. The molecule has 30 heavy (non-hydrogen) atoms. The van der Waals surface area contributed by atoms with Crippen LogP contribution in [-0.2, 0) is 11.3 Å². The molecule has 0 amide bonds. The van der Waals surface area contributed by atoms with E-state index in [4.69, 9.17) is 13.9 Å². The smallest absolute Gasteiger partial charge is 0.342 e. The molecule has 0 aliphatic rings. The number of carboxylic acid groups (broad SMARTS) is 1. The van der Waals surface area contributed by atoms with Crippen LogP contribution in [0.5, 0.6) is 11.5 Å². The van der Waals surface area contributed by atoms with Crippen molar-refractivity contribution < 1.29 is 23.8 Å². The Kier molecular flexibility index (Phi) is 7.47. The second kappa shape index (κ2) is 9.88. The number of rotatable bonds is 8. The molecule has 158 valence electrons. The van der Waals surface area contributed by atoms with Gasteiger partial charge in [-0.25, -0.2) is 4.79 Å². The van der Waals surface area contributed by atoms with Crippen LogP contribution < -0.4 is 9.47 Å². The Morgan fingerprint density at radius 1 is 1.27 bits per heavy atom. The quantitative estimate of drug-likeness (QED) is 0.214. The Balaban J connectivity index is 2.00. The number of thioether (sulfide) groups is 1. The normalized spacial score (nSPS) is 11.6. The van der Waals surface area contributed by atoms with Crippen LogP contribution in [0.4, 0.5) is 0 Å². The molecule has 11 heteroatoms. The highest BCUT2D eigenvalue weighted by molar-refractivity contribution is 14.1. The fourth-order valence-corrected chi connectivity index (χ4v) is 4.18. The van der Waals surface area contributed by atoms with Gasteiger partial charge < -0.3 is 23.6 Å². The Morgan fingerprint density at radius 2 is 1.93 bits per heavy atom. The molecule has 2 heterocycles. The van der Waals surface area contributed by atoms with Crippen molar-refractivity contribution in [1.82, 2.24) is 14.8 Å². The van der Waals surface area contributed by atoms with Crippen molar-refractivity contribution in [3.05, 3.63) is 43.2 Å². The maximum Gasteiger partial charge on any atom is 0.342 e. The van der Waals surface area contributed by atoms with Crippen LogP contribution in [0.15, 0.2) is 43.2 Å². The van der Waals surface area contributed by atoms with Crippen molar-refractivity contribution in [2.24, 2.45) is 0 Å². The Morgan fingerprint density at radius 3 is 2.43 bits per heavy atom. The molecule has 0 saturated carbocycles. The number of hydrogen-bond donors (Lipinski definition) is 1. The number of aliphatic carboxylic acids is 1. The second-order valence-electron chi connectivity index (χ2n) is 5.84. The van der Waals surface area contributed by atoms with E-state index in [0.717, 1.165) is 21.8 Å². The highest BCUT2D eigenvalue weighted by Crippen LogP contribution is 2.34. The lowest BCUT2D eigenvalue weighted by Crippen LogP contribution is -2.03. The zero-order valence-electron chi connectivity index (χ0n) is 16.2. The summed E-state index contributed by atoms with van der Waals surface area (Å²) >= 11 is 6.38. The second-order valence-corrected chi connectivity index (χ2v) is 8.68. The number of carboxylic acids is 1. The van der Waals surface area contributed by atoms with E-state index >= 15 is 0 Å². The summed E-state index contributed by atoms with van der Waals surface area (Å²) in [6.07, 6.45) is 1.46. The van der Waals surface area contributed by atoms with E-state index < -0.39 is 5.97 Å². The minimum Gasteiger partial charge on any atom is -0.497 e. The molecule has 8 nitrogen and oxygen atoms in total. The number of furan rings is 1. The van der Waals surface area contributed by atoms with Gasteiger partial charge in [0.05, 0.1) is 18.7 Å². The number of halogens is 2. The van der Waals surface area contributed by atoms with Crippen LogP contribution in [0.3, 0.4) is 0 Å². The Labute approximate surface area is 198 Å². The van der Waals surface area contributed by atoms with E-state index in [1.165, 1.54) is 6.08 Å². The Hall–Kier alpha value is -1.99. The van der Waals surface area contributed by atoms with Gasteiger partial charge in [0.2, 0.25) is 0 Å². The summed E-state index contributed by atoms with van der Waals surface area (Å²) in [6, 6.07) is 7.12. The highest BCUT2D eigenvalue weighted by Gasteiger charge is 2.20. The predicted molar refractivity (Wildman–Crippen MR) is 125 cm³/mol. The SMILES string of the molecule is CCn1c(S/C(=C\c2cc(Br)c(I)o2)C(=O)O)nnc1-c1cc(OC)cc(OC)c1. The molecule has 1 aromatic carbocycles. The zero-order valence-corrected chi connectivity index (χ0v) is 20.7. The van der Waals surface area contributed by atoms with Crippen molar-refractivity contribution in [3.63, 3.8) is 0 Å². The van der Waals surface area contributed by atoms with E-state index in [2.05, 4.69) is 26.1 Å². The predicted octanol–water partition coefficient (Wildman–Crippen LogP) is 5.16. The first-order valence-electron chi connectivity index (χ1n) is 8.60. The summed E-state index contributed by atoms with van der Waals surface area (Å²) < 4.78 is 19.4. The molecule has 2 aromatic heterocycles. The maximum absolute atomic E-state index is 11.8. The van der Waals surface area contributed by atoms with Crippen LogP contribution in [0.2, 0.25) is 0 Å². The molecule has 0 radical (unpaired) electrons. The molecule has 3 aromatic rings. The van der Waals surface area contributed by atoms with Gasteiger partial charge in [-0.1, -0.05) is 0 Å². The van der Waals surface area contributed by atoms with Gasteiger partial charge in [0.1, 0.15) is 22.2 Å². The number of carbonyl (C=O) groups is 1. The third kappa shape index (κ3) is 5.01. The fraction of sp³-hybridized carbons (Fsp3) is 0.211. The van der Waals surface area contributed by atoms with Crippen molar-refractivity contribution in [1.29, 1.82) is 0 Å². The summed E-state index contributed by atoms with van der Waals surface area (Å²) in [6.45, 7) is 2.48. The number of hydrogen-bond acceptors (Lipinski definition) is 7. The van der Waals surface area contributed by atoms with Crippen molar-refractivity contribution in [2.45, 2.75) is 18.6 Å². The lowest BCUT2D eigenvalue weighted by atomic mass is 10.2. The summed E-state index contributed by atoms with van der Waals surface area (Å²) in [4.78, 5) is 11.9. The average Bonchev–Trinajstić information content (AvgIpc) is 3.28. The maximum atomic E-state index is 11.8. The summed E-state index contributed by atoms with van der Waals surface area (Å²) in [5, 5.41) is 18.6. The lowest BCUT2D eigenvalue weighted by molar-refractivity contribution is -0.131. The molecule has 0 atom stereocenters. The molecular weight excluding hydrogens is 589 g/mol. The molecular formula is C19H17BrIN3O5S. The number of nitrogens with zero attached hydrogens (tertiary/aromatic N) is 3. The first kappa shape index (κ1) is 22.7. The molecule has 0 bridgehead atoms. The number of ether oxygens (including phenoxy) is 2. The van der Waals surface area contributed by atoms with Crippen molar-refractivity contribution >= 4 is 62.3 Å². The van der Waals surface area contributed by atoms with E-state index in [1.54, 1.807) is 26.4 Å². The van der Waals surface area contributed by atoms with Gasteiger partial charge in [0.25, 0.3) is 0 Å².